The summed E-state index contributed by atoms with van der Waals surface area (Å²) in [7, 11) is 0. The maximum Gasteiger partial charge on any atom is 0.307 e. The number of carbonyl (C=O) groups is 1. The Morgan fingerprint density at radius 1 is 0.853 bits per heavy atom. The summed E-state index contributed by atoms with van der Waals surface area (Å²) in [5.74, 6) is -0.153. The number of aromatic nitrogens is 1. The summed E-state index contributed by atoms with van der Waals surface area (Å²) >= 11 is 0. The molecule has 1 N–H and O–H groups in total. The lowest BCUT2D eigenvalue weighted by Gasteiger charge is -2.05. The fraction of sp³-hybridized carbons (Fsp3) is 0.0345. The van der Waals surface area contributed by atoms with E-state index in [2.05, 4.69) is 45.6 Å². The first kappa shape index (κ1) is 20.0. The Bertz CT molecular complexity index is 1680. The number of nitrogens with zero attached hydrogens (tertiary/aromatic N) is 2. The molecule has 34 heavy (non-hydrogen) atoms. The molecule has 2 heterocycles. The van der Waals surface area contributed by atoms with E-state index >= 15 is 0 Å². The first-order chi connectivity index (χ1) is 16.8. The van der Waals surface area contributed by atoms with E-state index in [1.807, 2.05) is 66.7 Å². The fourth-order valence-corrected chi connectivity index (χ4v) is 4.41. The van der Waals surface area contributed by atoms with Crippen LogP contribution >= 0.6 is 0 Å². The Kier molecular flexibility index (Phi) is 4.92. The smallest absolute Gasteiger partial charge is 0.307 e. The highest BCUT2D eigenvalue weighted by molar-refractivity contribution is 6.08. The molecule has 0 saturated heterocycles. The van der Waals surface area contributed by atoms with Crippen LogP contribution in [0.25, 0.3) is 32.6 Å². The molecule has 1 amide bonds. The van der Waals surface area contributed by atoms with Crippen molar-refractivity contribution in [2.24, 2.45) is 5.10 Å². The minimum atomic E-state index is -0.385. The highest BCUT2D eigenvalue weighted by Crippen LogP contribution is 2.28. The van der Waals surface area contributed by atoms with Gasteiger partial charge in [-0.25, -0.2) is 5.43 Å². The number of hydrogen-bond acceptors (Lipinski definition) is 3. The zero-order chi connectivity index (χ0) is 22.9. The minimum Gasteiger partial charge on any atom is -0.451 e. The van der Waals surface area contributed by atoms with Gasteiger partial charge in [0.1, 0.15) is 5.58 Å². The van der Waals surface area contributed by atoms with Gasteiger partial charge in [-0.3, -0.25) is 4.79 Å². The standard InChI is InChI=1S/C29H21N3O2/c33-29(28-16-25-23-11-5-4-10-21(23)14-15-27(25)34-28)31-30-17-22-19-32(18-20-8-2-1-3-9-20)26-13-7-6-12-24(22)26/h1-17,19H,18H2,(H,31,33). The van der Waals surface area contributed by atoms with Crippen molar-refractivity contribution in [2.75, 3.05) is 0 Å². The molecule has 0 aliphatic rings. The van der Waals surface area contributed by atoms with Crippen molar-refractivity contribution in [3.05, 3.63) is 120 Å². The summed E-state index contributed by atoms with van der Waals surface area (Å²) in [4.78, 5) is 12.7. The van der Waals surface area contributed by atoms with Gasteiger partial charge in [0.15, 0.2) is 5.76 Å². The SMILES string of the molecule is O=C(NN=Cc1cn(Cc2ccccc2)c2ccccc12)c1cc2c(ccc3ccccc32)o1. The van der Waals surface area contributed by atoms with Crippen LogP contribution in [0.1, 0.15) is 21.7 Å². The number of amides is 1. The molecular weight excluding hydrogens is 422 g/mol. The number of furan rings is 1. The number of rotatable bonds is 5. The minimum absolute atomic E-state index is 0.231. The first-order valence-electron chi connectivity index (χ1n) is 11.1. The Labute approximate surface area is 195 Å². The summed E-state index contributed by atoms with van der Waals surface area (Å²) in [6.07, 6.45) is 3.74. The number of hydrazone groups is 1. The molecule has 6 rings (SSSR count). The van der Waals surface area contributed by atoms with Gasteiger partial charge in [-0.2, -0.15) is 5.10 Å². The van der Waals surface area contributed by atoms with Crippen molar-refractivity contribution in [1.82, 2.24) is 9.99 Å². The number of hydrogen-bond donors (Lipinski definition) is 1. The number of fused-ring (bicyclic) bond motifs is 4. The molecule has 6 aromatic rings. The lowest BCUT2D eigenvalue weighted by Crippen LogP contribution is -2.16. The average molecular weight is 444 g/mol. The number of carbonyl (C=O) groups excluding carboxylic acids is 1. The van der Waals surface area contributed by atoms with Gasteiger partial charge in [0.05, 0.1) is 6.21 Å². The predicted octanol–water partition coefficient (Wildman–Crippen LogP) is 6.35. The van der Waals surface area contributed by atoms with E-state index in [4.69, 9.17) is 4.42 Å². The molecule has 0 aliphatic heterocycles. The zero-order valence-corrected chi connectivity index (χ0v) is 18.3. The molecular formula is C29H21N3O2. The maximum atomic E-state index is 12.7. The van der Waals surface area contributed by atoms with Crippen LogP contribution in [-0.2, 0) is 6.54 Å². The zero-order valence-electron chi connectivity index (χ0n) is 18.3. The van der Waals surface area contributed by atoms with Gasteiger partial charge in [0.2, 0.25) is 0 Å². The maximum absolute atomic E-state index is 12.7. The second-order valence-corrected chi connectivity index (χ2v) is 8.22. The van der Waals surface area contributed by atoms with E-state index in [-0.39, 0.29) is 11.7 Å². The van der Waals surface area contributed by atoms with Gasteiger partial charge in [0, 0.05) is 34.6 Å². The summed E-state index contributed by atoms with van der Waals surface area (Å²) in [5, 5.41) is 8.37. The van der Waals surface area contributed by atoms with E-state index < -0.39 is 0 Å². The van der Waals surface area contributed by atoms with Crippen molar-refractivity contribution >= 4 is 44.8 Å². The van der Waals surface area contributed by atoms with Crippen molar-refractivity contribution in [3.63, 3.8) is 0 Å². The largest absolute Gasteiger partial charge is 0.451 e. The van der Waals surface area contributed by atoms with Crippen LogP contribution in [-0.4, -0.2) is 16.7 Å². The van der Waals surface area contributed by atoms with Crippen LogP contribution in [0.5, 0.6) is 0 Å². The normalized spacial score (nSPS) is 11.6. The molecule has 0 radical (unpaired) electrons. The molecule has 5 heteroatoms. The Morgan fingerprint density at radius 2 is 1.62 bits per heavy atom. The van der Waals surface area contributed by atoms with Crippen LogP contribution in [0.4, 0.5) is 0 Å². The summed E-state index contributed by atoms with van der Waals surface area (Å²) < 4.78 is 7.98. The van der Waals surface area contributed by atoms with Gasteiger partial charge in [-0.15, -0.1) is 0 Å². The van der Waals surface area contributed by atoms with Gasteiger partial charge < -0.3 is 8.98 Å². The average Bonchev–Trinajstić information content (AvgIpc) is 3.47. The van der Waals surface area contributed by atoms with Crippen molar-refractivity contribution in [3.8, 4) is 0 Å². The van der Waals surface area contributed by atoms with E-state index in [9.17, 15) is 4.79 Å². The molecule has 0 aliphatic carbocycles. The molecule has 164 valence electrons. The molecule has 0 unspecified atom stereocenters. The predicted molar refractivity (Wildman–Crippen MR) is 136 cm³/mol. The van der Waals surface area contributed by atoms with Crippen LogP contribution in [0.15, 0.2) is 113 Å². The third kappa shape index (κ3) is 3.63. The van der Waals surface area contributed by atoms with E-state index in [1.165, 1.54) is 5.56 Å². The molecule has 0 bridgehead atoms. The van der Waals surface area contributed by atoms with E-state index in [0.717, 1.165) is 39.2 Å². The van der Waals surface area contributed by atoms with E-state index in [1.54, 1.807) is 12.3 Å². The summed E-state index contributed by atoms with van der Waals surface area (Å²) in [5.41, 5.74) is 6.55. The van der Waals surface area contributed by atoms with Crippen LogP contribution in [0.2, 0.25) is 0 Å². The van der Waals surface area contributed by atoms with Gasteiger partial charge in [-0.1, -0.05) is 78.9 Å². The Morgan fingerprint density at radius 3 is 2.50 bits per heavy atom. The third-order valence-corrected chi connectivity index (χ3v) is 6.03. The highest BCUT2D eigenvalue weighted by Gasteiger charge is 2.14. The summed E-state index contributed by atoms with van der Waals surface area (Å²) in [6.45, 7) is 0.758. The fourth-order valence-electron chi connectivity index (χ4n) is 4.41. The molecule has 2 aromatic heterocycles. The number of nitrogens with one attached hydrogen (secondary N) is 1. The van der Waals surface area contributed by atoms with Crippen LogP contribution in [0.3, 0.4) is 0 Å². The highest BCUT2D eigenvalue weighted by atomic mass is 16.3. The Hall–Kier alpha value is -4.64. The topological polar surface area (TPSA) is 59.5 Å². The van der Waals surface area contributed by atoms with Crippen molar-refractivity contribution < 1.29 is 9.21 Å². The second kappa shape index (κ2) is 8.37. The van der Waals surface area contributed by atoms with Crippen molar-refractivity contribution in [2.45, 2.75) is 6.54 Å². The lowest BCUT2D eigenvalue weighted by atomic mass is 10.1. The van der Waals surface area contributed by atoms with Crippen molar-refractivity contribution in [1.29, 1.82) is 0 Å². The Balaban J connectivity index is 1.26. The number of benzene rings is 4. The molecule has 0 fully saturated rings. The second-order valence-electron chi connectivity index (χ2n) is 8.22. The summed E-state index contributed by atoms with van der Waals surface area (Å²) in [6, 6.07) is 32.2. The molecule has 0 saturated carbocycles. The monoisotopic (exact) mass is 443 g/mol. The molecule has 0 spiro atoms. The van der Waals surface area contributed by atoms with Gasteiger partial charge >= 0.3 is 5.91 Å². The van der Waals surface area contributed by atoms with Gasteiger partial charge in [0.25, 0.3) is 0 Å². The quantitative estimate of drug-likeness (QED) is 0.249. The molecule has 0 atom stereocenters. The molecule has 4 aromatic carbocycles. The first-order valence-corrected chi connectivity index (χ1v) is 11.1. The molecule has 5 nitrogen and oxygen atoms in total. The van der Waals surface area contributed by atoms with Crippen LogP contribution in [0, 0.1) is 0 Å². The third-order valence-electron chi connectivity index (χ3n) is 6.03. The van der Waals surface area contributed by atoms with E-state index in [0.29, 0.717) is 5.58 Å². The van der Waals surface area contributed by atoms with Crippen LogP contribution < -0.4 is 5.43 Å². The lowest BCUT2D eigenvalue weighted by molar-refractivity contribution is 0.0929. The van der Waals surface area contributed by atoms with Gasteiger partial charge in [-0.05, 0) is 34.5 Å². The number of para-hydroxylation sites is 1.